The van der Waals surface area contributed by atoms with E-state index in [1.807, 2.05) is 0 Å². The summed E-state index contributed by atoms with van der Waals surface area (Å²) in [5.41, 5.74) is 6.49. The predicted octanol–water partition coefficient (Wildman–Crippen LogP) is 1.42. The lowest BCUT2D eigenvalue weighted by atomic mass is 9.89. The van der Waals surface area contributed by atoms with Crippen LogP contribution >= 0.6 is 0 Å². The third-order valence-electron chi connectivity index (χ3n) is 3.64. The molecule has 23 heavy (non-hydrogen) atoms. The Morgan fingerprint density at radius 2 is 2.04 bits per heavy atom. The third-order valence-corrected chi connectivity index (χ3v) is 3.64. The SMILES string of the molecule is CC(=C\C(C)O)/C=C(\C)C(=O)CC1CC(CC(N)=O)CC(=O)O1. The number of hydrogen-bond donors (Lipinski definition) is 2. The summed E-state index contributed by atoms with van der Waals surface area (Å²) in [7, 11) is 0. The standard InChI is InChI=1S/C17H25NO5/c1-10(5-12(3)19)4-11(2)15(20)9-14-6-13(7-16(18)21)8-17(22)23-14/h4-5,12-14,19H,6-9H2,1-3H3,(H2,18,21)/b10-5+,11-4+. The van der Waals surface area contributed by atoms with E-state index in [0.29, 0.717) is 12.0 Å². The van der Waals surface area contributed by atoms with Gasteiger partial charge in [0, 0.05) is 19.3 Å². The minimum Gasteiger partial charge on any atom is -0.462 e. The fourth-order valence-electron chi connectivity index (χ4n) is 2.76. The van der Waals surface area contributed by atoms with Crippen molar-refractivity contribution in [2.45, 2.75) is 58.7 Å². The summed E-state index contributed by atoms with van der Waals surface area (Å²) in [6, 6.07) is 0. The van der Waals surface area contributed by atoms with Gasteiger partial charge in [0.05, 0.1) is 6.10 Å². The first-order valence-electron chi connectivity index (χ1n) is 7.73. The number of carbonyl (C=O) groups is 3. The van der Waals surface area contributed by atoms with Crippen molar-refractivity contribution in [3.63, 3.8) is 0 Å². The minimum atomic E-state index is -0.581. The Morgan fingerprint density at radius 1 is 1.39 bits per heavy atom. The molecule has 3 atom stereocenters. The molecule has 1 fully saturated rings. The molecular weight excluding hydrogens is 298 g/mol. The zero-order chi connectivity index (χ0) is 17.6. The molecule has 6 nitrogen and oxygen atoms in total. The van der Waals surface area contributed by atoms with Crippen molar-refractivity contribution >= 4 is 17.7 Å². The molecule has 0 aromatic carbocycles. The molecule has 0 radical (unpaired) electrons. The van der Waals surface area contributed by atoms with Gasteiger partial charge in [-0.25, -0.2) is 0 Å². The fraction of sp³-hybridized carbons (Fsp3) is 0.588. The number of allylic oxidation sites excluding steroid dienone is 3. The van der Waals surface area contributed by atoms with Crippen LogP contribution in [0.5, 0.6) is 0 Å². The highest BCUT2D eigenvalue weighted by molar-refractivity contribution is 5.95. The maximum atomic E-state index is 12.2. The van der Waals surface area contributed by atoms with Crippen LogP contribution < -0.4 is 5.73 Å². The van der Waals surface area contributed by atoms with E-state index in [1.165, 1.54) is 0 Å². The number of amides is 1. The average Bonchev–Trinajstić information content (AvgIpc) is 2.35. The molecule has 0 aliphatic carbocycles. The molecule has 1 heterocycles. The van der Waals surface area contributed by atoms with Crippen LogP contribution in [-0.4, -0.2) is 35.0 Å². The lowest BCUT2D eigenvalue weighted by Crippen LogP contribution is -2.33. The highest BCUT2D eigenvalue weighted by Crippen LogP contribution is 2.26. The van der Waals surface area contributed by atoms with E-state index in [-0.39, 0.29) is 31.0 Å². The highest BCUT2D eigenvalue weighted by Gasteiger charge is 2.31. The fourth-order valence-corrected chi connectivity index (χ4v) is 2.76. The van der Waals surface area contributed by atoms with E-state index in [2.05, 4.69) is 0 Å². The molecule has 0 aromatic heterocycles. The Balaban J connectivity index is 2.66. The first-order chi connectivity index (χ1) is 10.7. The van der Waals surface area contributed by atoms with Crippen molar-refractivity contribution in [2.75, 3.05) is 0 Å². The van der Waals surface area contributed by atoms with Gasteiger partial charge in [0.25, 0.3) is 0 Å². The van der Waals surface area contributed by atoms with Crippen LogP contribution in [0.2, 0.25) is 0 Å². The molecule has 0 saturated carbocycles. The first-order valence-corrected chi connectivity index (χ1v) is 7.73. The van der Waals surface area contributed by atoms with Crippen LogP contribution in [0.3, 0.4) is 0 Å². The van der Waals surface area contributed by atoms with Gasteiger partial charge in [-0.1, -0.05) is 17.7 Å². The summed E-state index contributed by atoms with van der Waals surface area (Å²) in [5.74, 6) is -1.13. The van der Waals surface area contributed by atoms with Crippen molar-refractivity contribution in [3.8, 4) is 0 Å². The summed E-state index contributed by atoms with van der Waals surface area (Å²) >= 11 is 0. The second-order valence-electron chi connectivity index (χ2n) is 6.19. The summed E-state index contributed by atoms with van der Waals surface area (Å²) in [6.07, 6.45) is 3.09. The Morgan fingerprint density at radius 3 is 2.61 bits per heavy atom. The molecule has 1 rings (SSSR count). The number of aliphatic hydroxyl groups excluding tert-OH is 1. The van der Waals surface area contributed by atoms with Crippen molar-refractivity contribution in [1.82, 2.24) is 0 Å². The van der Waals surface area contributed by atoms with E-state index in [1.54, 1.807) is 32.9 Å². The zero-order valence-corrected chi connectivity index (χ0v) is 13.9. The Bertz CT molecular complexity index is 531. The summed E-state index contributed by atoms with van der Waals surface area (Å²) in [6.45, 7) is 5.12. The molecular formula is C17H25NO5. The Kier molecular flexibility index (Phi) is 7.16. The van der Waals surface area contributed by atoms with Crippen molar-refractivity contribution in [3.05, 3.63) is 23.3 Å². The van der Waals surface area contributed by atoms with Crippen LogP contribution in [0.1, 0.15) is 46.5 Å². The van der Waals surface area contributed by atoms with Crippen molar-refractivity contribution < 1.29 is 24.2 Å². The normalized spacial score (nSPS) is 24.1. The number of hydrogen-bond acceptors (Lipinski definition) is 5. The molecule has 128 valence electrons. The minimum absolute atomic E-state index is 0.0886. The van der Waals surface area contributed by atoms with Gasteiger partial charge in [0.1, 0.15) is 6.10 Å². The van der Waals surface area contributed by atoms with E-state index in [0.717, 1.165) is 5.57 Å². The molecule has 6 heteroatoms. The summed E-state index contributed by atoms with van der Waals surface area (Å²) < 4.78 is 5.19. The summed E-state index contributed by atoms with van der Waals surface area (Å²) in [5, 5.41) is 9.28. The van der Waals surface area contributed by atoms with Crippen LogP contribution in [0.25, 0.3) is 0 Å². The van der Waals surface area contributed by atoms with Crippen LogP contribution in [-0.2, 0) is 19.1 Å². The molecule has 1 aliphatic rings. The monoisotopic (exact) mass is 323 g/mol. The van der Waals surface area contributed by atoms with Gasteiger partial charge < -0.3 is 15.6 Å². The summed E-state index contributed by atoms with van der Waals surface area (Å²) in [4.78, 5) is 34.8. The van der Waals surface area contributed by atoms with Gasteiger partial charge >= 0.3 is 5.97 Å². The van der Waals surface area contributed by atoms with E-state index >= 15 is 0 Å². The second kappa shape index (κ2) is 8.62. The molecule has 0 aromatic rings. The van der Waals surface area contributed by atoms with Gasteiger partial charge in [-0.15, -0.1) is 0 Å². The smallest absolute Gasteiger partial charge is 0.306 e. The molecule has 0 bridgehead atoms. The number of ether oxygens (including phenoxy) is 1. The first kappa shape index (κ1) is 19.1. The predicted molar refractivity (Wildman–Crippen MR) is 85.2 cm³/mol. The van der Waals surface area contributed by atoms with Crippen molar-refractivity contribution in [2.24, 2.45) is 11.7 Å². The average molecular weight is 323 g/mol. The van der Waals surface area contributed by atoms with Gasteiger partial charge in [-0.3, -0.25) is 14.4 Å². The topological polar surface area (TPSA) is 107 Å². The van der Waals surface area contributed by atoms with Gasteiger partial charge in [-0.2, -0.15) is 0 Å². The van der Waals surface area contributed by atoms with E-state index in [9.17, 15) is 19.5 Å². The number of rotatable bonds is 7. The number of aliphatic hydroxyl groups is 1. The maximum Gasteiger partial charge on any atom is 0.306 e. The maximum absolute atomic E-state index is 12.2. The Labute approximate surface area is 136 Å². The second-order valence-corrected chi connectivity index (χ2v) is 6.19. The number of Topliss-reactive ketones (excluding diaryl/α,β-unsaturated/α-hetero) is 1. The van der Waals surface area contributed by atoms with Gasteiger partial charge in [-0.05, 0) is 38.7 Å². The number of carbonyl (C=O) groups excluding carboxylic acids is 3. The molecule has 1 amide bonds. The molecule has 3 unspecified atom stereocenters. The lowest BCUT2D eigenvalue weighted by molar-refractivity contribution is -0.157. The van der Waals surface area contributed by atoms with Gasteiger partial charge in [0.15, 0.2) is 5.78 Å². The van der Waals surface area contributed by atoms with E-state index in [4.69, 9.17) is 10.5 Å². The molecule has 3 N–H and O–H groups in total. The number of nitrogens with two attached hydrogens (primary N) is 1. The largest absolute Gasteiger partial charge is 0.462 e. The molecule has 0 spiro atoms. The quantitative estimate of drug-likeness (QED) is 0.418. The Hall–Kier alpha value is -1.95. The van der Waals surface area contributed by atoms with Crippen LogP contribution in [0, 0.1) is 5.92 Å². The van der Waals surface area contributed by atoms with Crippen molar-refractivity contribution in [1.29, 1.82) is 0 Å². The lowest BCUT2D eigenvalue weighted by Gasteiger charge is -2.27. The molecule has 1 saturated heterocycles. The highest BCUT2D eigenvalue weighted by atomic mass is 16.5. The van der Waals surface area contributed by atoms with Crippen LogP contribution in [0.4, 0.5) is 0 Å². The number of cyclic esters (lactones) is 1. The number of esters is 1. The van der Waals surface area contributed by atoms with E-state index < -0.39 is 24.1 Å². The number of primary amides is 1. The zero-order valence-electron chi connectivity index (χ0n) is 13.9. The molecule has 1 aliphatic heterocycles. The van der Waals surface area contributed by atoms with Crippen LogP contribution in [0.15, 0.2) is 23.3 Å². The van der Waals surface area contributed by atoms with Gasteiger partial charge in [0.2, 0.25) is 5.91 Å². The third kappa shape index (κ3) is 7.23. The number of ketones is 1.